The molecule has 1 aromatic carbocycles. The number of hydrogen-bond donors (Lipinski definition) is 2. The summed E-state index contributed by atoms with van der Waals surface area (Å²) in [5.41, 5.74) is 7.02. The van der Waals surface area contributed by atoms with Gasteiger partial charge in [-0.1, -0.05) is 65.0 Å². The summed E-state index contributed by atoms with van der Waals surface area (Å²) in [6.07, 6.45) is 0. The second kappa shape index (κ2) is 8.30. The summed E-state index contributed by atoms with van der Waals surface area (Å²) in [7, 11) is 0. The van der Waals surface area contributed by atoms with Gasteiger partial charge < -0.3 is 11.1 Å². The second-order valence-corrected chi connectivity index (χ2v) is 6.74. The van der Waals surface area contributed by atoms with E-state index >= 15 is 0 Å². The molecule has 0 fully saturated rings. The van der Waals surface area contributed by atoms with Crippen LogP contribution in [0, 0.1) is 5.41 Å². The lowest BCUT2D eigenvalue weighted by Crippen LogP contribution is -2.50. The van der Waals surface area contributed by atoms with Crippen molar-refractivity contribution in [1.82, 2.24) is 10.2 Å². The van der Waals surface area contributed by atoms with Crippen molar-refractivity contribution in [2.75, 3.05) is 19.6 Å². The van der Waals surface area contributed by atoms with Crippen LogP contribution in [0.3, 0.4) is 0 Å². The fraction of sp³-hybridized carbons (Fsp3) is 0.611. The SMILES string of the molecule is CCN(CC)C(CNC(=O)[C@@H](N)C(C)(C)C)c1ccccc1. The van der Waals surface area contributed by atoms with Gasteiger partial charge in [0.05, 0.1) is 12.1 Å². The van der Waals surface area contributed by atoms with Gasteiger partial charge in [-0.2, -0.15) is 0 Å². The molecule has 0 bridgehead atoms. The molecule has 0 saturated carbocycles. The molecule has 4 nitrogen and oxygen atoms in total. The highest BCUT2D eigenvalue weighted by molar-refractivity contribution is 5.82. The predicted molar refractivity (Wildman–Crippen MR) is 92.5 cm³/mol. The first kappa shape index (κ1) is 18.7. The van der Waals surface area contributed by atoms with Crippen LogP contribution in [0.2, 0.25) is 0 Å². The zero-order valence-corrected chi connectivity index (χ0v) is 14.6. The number of hydrogen-bond acceptors (Lipinski definition) is 3. The first-order valence-corrected chi connectivity index (χ1v) is 8.13. The average molecular weight is 305 g/mol. The Kier molecular flexibility index (Phi) is 7.04. The van der Waals surface area contributed by atoms with Gasteiger partial charge in [0.1, 0.15) is 0 Å². The summed E-state index contributed by atoms with van der Waals surface area (Å²) in [6.45, 7) is 12.7. The van der Waals surface area contributed by atoms with Crippen LogP contribution < -0.4 is 11.1 Å². The monoisotopic (exact) mass is 305 g/mol. The molecule has 0 saturated heterocycles. The fourth-order valence-corrected chi connectivity index (χ4v) is 2.50. The van der Waals surface area contributed by atoms with Crippen LogP contribution in [0.25, 0.3) is 0 Å². The standard InChI is InChI=1S/C18H31N3O/c1-6-21(7-2)15(14-11-9-8-10-12-14)13-20-17(22)16(19)18(3,4)5/h8-12,15-16H,6-7,13,19H2,1-5H3,(H,20,22)/t15?,16-/m1/s1. The maximum absolute atomic E-state index is 12.3. The lowest BCUT2D eigenvalue weighted by atomic mass is 9.87. The van der Waals surface area contributed by atoms with E-state index in [0.29, 0.717) is 6.54 Å². The number of nitrogens with one attached hydrogen (secondary N) is 1. The van der Waals surface area contributed by atoms with E-state index in [1.807, 2.05) is 39.0 Å². The van der Waals surface area contributed by atoms with Gasteiger partial charge in [-0.05, 0) is 24.1 Å². The number of benzene rings is 1. The number of nitrogens with zero attached hydrogens (tertiary/aromatic N) is 1. The highest BCUT2D eigenvalue weighted by Crippen LogP contribution is 2.21. The molecular formula is C18H31N3O. The molecule has 0 radical (unpaired) electrons. The van der Waals surface area contributed by atoms with Crippen molar-refractivity contribution in [2.45, 2.75) is 46.7 Å². The molecule has 2 atom stereocenters. The van der Waals surface area contributed by atoms with Gasteiger partial charge in [0.15, 0.2) is 0 Å². The van der Waals surface area contributed by atoms with Gasteiger partial charge >= 0.3 is 0 Å². The van der Waals surface area contributed by atoms with Crippen LogP contribution in [-0.2, 0) is 4.79 Å². The summed E-state index contributed by atoms with van der Waals surface area (Å²) in [6, 6.07) is 9.98. The minimum Gasteiger partial charge on any atom is -0.353 e. The first-order chi connectivity index (χ1) is 10.3. The van der Waals surface area contributed by atoms with E-state index in [0.717, 1.165) is 13.1 Å². The fourth-order valence-electron chi connectivity index (χ4n) is 2.50. The van der Waals surface area contributed by atoms with Crippen LogP contribution in [0.15, 0.2) is 30.3 Å². The van der Waals surface area contributed by atoms with E-state index in [2.05, 4.69) is 36.2 Å². The Morgan fingerprint density at radius 1 is 1.18 bits per heavy atom. The van der Waals surface area contributed by atoms with Crippen molar-refractivity contribution < 1.29 is 4.79 Å². The van der Waals surface area contributed by atoms with Crippen molar-refractivity contribution >= 4 is 5.91 Å². The molecule has 1 aromatic rings. The number of carbonyl (C=O) groups excluding carboxylic acids is 1. The van der Waals surface area contributed by atoms with E-state index in [1.54, 1.807) is 0 Å². The minimum atomic E-state index is -0.499. The van der Waals surface area contributed by atoms with Crippen LogP contribution in [-0.4, -0.2) is 36.5 Å². The normalized spacial score (nSPS) is 14.7. The van der Waals surface area contributed by atoms with E-state index < -0.39 is 6.04 Å². The Hall–Kier alpha value is -1.39. The lowest BCUT2D eigenvalue weighted by molar-refractivity contribution is -0.124. The number of carbonyl (C=O) groups is 1. The van der Waals surface area contributed by atoms with Gasteiger partial charge in [-0.25, -0.2) is 0 Å². The first-order valence-electron chi connectivity index (χ1n) is 8.13. The molecule has 3 N–H and O–H groups in total. The number of nitrogens with two attached hydrogens (primary N) is 1. The smallest absolute Gasteiger partial charge is 0.237 e. The van der Waals surface area contributed by atoms with Crippen molar-refractivity contribution in [3.8, 4) is 0 Å². The topological polar surface area (TPSA) is 58.4 Å². The molecular weight excluding hydrogens is 274 g/mol. The maximum Gasteiger partial charge on any atom is 0.237 e. The molecule has 0 aliphatic rings. The molecule has 22 heavy (non-hydrogen) atoms. The maximum atomic E-state index is 12.3. The van der Waals surface area contributed by atoms with Crippen LogP contribution in [0.5, 0.6) is 0 Å². The average Bonchev–Trinajstić information content (AvgIpc) is 2.50. The number of rotatable bonds is 7. The minimum absolute atomic E-state index is 0.0828. The van der Waals surface area contributed by atoms with Gasteiger partial charge in [-0.15, -0.1) is 0 Å². The molecule has 124 valence electrons. The zero-order chi connectivity index (χ0) is 16.8. The number of likely N-dealkylation sites (N-methyl/N-ethyl adjacent to an activating group) is 1. The molecule has 0 aliphatic carbocycles. The van der Waals surface area contributed by atoms with Gasteiger partial charge in [0.2, 0.25) is 5.91 Å². The highest BCUT2D eigenvalue weighted by Gasteiger charge is 2.28. The Labute approximate surface area is 135 Å². The molecule has 0 aromatic heterocycles. The second-order valence-electron chi connectivity index (χ2n) is 6.74. The summed E-state index contributed by atoms with van der Waals surface area (Å²) in [4.78, 5) is 14.6. The van der Waals surface area contributed by atoms with E-state index in [4.69, 9.17) is 5.73 Å². The third-order valence-electron chi connectivity index (χ3n) is 4.12. The van der Waals surface area contributed by atoms with Crippen LogP contribution in [0.4, 0.5) is 0 Å². The Morgan fingerprint density at radius 3 is 2.18 bits per heavy atom. The molecule has 1 unspecified atom stereocenters. The van der Waals surface area contributed by atoms with Crippen LogP contribution >= 0.6 is 0 Å². The van der Waals surface area contributed by atoms with Crippen molar-refractivity contribution in [1.29, 1.82) is 0 Å². The number of amides is 1. The molecule has 0 heterocycles. The van der Waals surface area contributed by atoms with E-state index in [1.165, 1.54) is 5.56 Å². The van der Waals surface area contributed by atoms with Crippen molar-refractivity contribution in [2.24, 2.45) is 11.1 Å². The Bertz CT molecular complexity index is 449. The van der Waals surface area contributed by atoms with Crippen molar-refractivity contribution in [3.63, 3.8) is 0 Å². The quantitative estimate of drug-likeness (QED) is 0.814. The third kappa shape index (κ3) is 5.11. The Balaban J connectivity index is 2.80. The van der Waals surface area contributed by atoms with Gasteiger partial charge in [0.25, 0.3) is 0 Å². The van der Waals surface area contributed by atoms with Gasteiger partial charge in [-0.3, -0.25) is 9.69 Å². The van der Waals surface area contributed by atoms with E-state index in [-0.39, 0.29) is 17.4 Å². The van der Waals surface area contributed by atoms with Crippen LogP contribution in [0.1, 0.15) is 46.2 Å². The summed E-state index contributed by atoms with van der Waals surface area (Å²) >= 11 is 0. The van der Waals surface area contributed by atoms with Gasteiger partial charge in [0, 0.05) is 6.54 Å². The molecule has 0 aliphatic heterocycles. The summed E-state index contributed by atoms with van der Waals surface area (Å²) in [5.74, 6) is -0.0828. The Morgan fingerprint density at radius 2 is 1.73 bits per heavy atom. The molecule has 0 spiro atoms. The lowest BCUT2D eigenvalue weighted by Gasteiger charge is -2.32. The molecule has 1 amide bonds. The van der Waals surface area contributed by atoms with Crippen molar-refractivity contribution in [3.05, 3.63) is 35.9 Å². The zero-order valence-electron chi connectivity index (χ0n) is 14.6. The predicted octanol–water partition coefficient (Wildman–Crippen LogP) is 2.56. The van der Waals surface area contributed by atoms with E-state index in [9.17, 15) is 4.79 Å². The molecule has 4 heteroatoms. The highest BCUT2D eigenvalue weighted by atomic mass is 16.2. The summed E-state index contributed by atoms with van der Waals surface area (Å²) in [5, 5.41) is 3.03. The summed E-state index contributed by atoms with van der Waals surface area (Å²) < 4.78 is 0. The third-order valence-corrected chi connectivity index (χ3v) is 4.12. The largest absolute Gasteiger partial charge is 0.353 e. The molecule has 1 rings (SSSR count).